The molecule has 0 aromatic heterocycles. The van der Waals surface area contributed by atoms with Gasteiger partial charge in [-0.1, -0.05) is 6.58 Å². The highest BCUT2D eigenvalue weighted by Crippen LogP contribution is 2.62. The first kappa shape index (κ1) is 14.6. The zero-order chi connectivity index (χ0) is 15.3. The lowest BCUT2D eigenvalue weighted by atomic mass is 9.48. The van der Waals surface area contributed by atoms with E-state index in [0.717, 1.165) is 32.1 Å². The maximum absolute atomic E-state index is 12.0. The summed E-state index contributed by atoms with van der Waals surface area (Å²) in [4.78, 5) is 23.2. The highest BCUT2D eigenvalue weighted by molar-refractivity contribution is 5.87. The molecule has 0 radical (unpaired) electrons. The van der Waals surface area contributed by atoms with Gasteiger partial charge in [-0.3, -0.25) is 4.79 Å². The average molecular weight is 292 g/mol. The molecule has 0 heterocycles. The minimum Gasteiger partial charge on any atom is -0.465 e. The van der Waals surface area contributed by atoms with Gasteiger partial charge in [0.25, 0.3) is 0 Å². The van der Waals surface area contributed by atoms with Gasteiger partial charge >= 0.3 is 11.9 Å². The molecule has 4 saturated carbocycles. The van der Waals surface area contributed by atoms with Crippen LogP contribution in [0.5, 0.6) is 0 Å². The summed E-state index contributed by atoms with van der Waals surface area (Å²) in [5.74, 6) is 0.692. The number of hydrogen-bond acceptors (Lipinski definition) is 4. The number of ether oxygens (including phenoxy) is 2. The van der Waals surface area contributed by atoms with E-state index in [9.17, 15) is 9.59 Å². The number of carbonyl (C=O) groups is 2. The largest absolute Gasteiger partial charge is 0.465 e. The summed E-state index contributed by atoms with van der Waals surface area (Å²) in [7, 11) is 0. The molecule has 0 aromatic rings. The van der Waals surface area contributed by atoms with Crippen LogP contribution >= 0.6 is 0 Å². The quantitative estimate of drug-likeness (QED) is 0.590. The normalized spacial score (nSPS) is 39.9. The zero-order valence-corrected chi connectivity index (χ0v) is 12.9. The number of hydrogen-bond donors (Lipinski definition) is 0. The molecule has 0 spiro atoms. The Morgan fingerprint density at radius 3 is 2.29 bits per heavy atom. The molecule has 2 atom stereocenters. The molecule has 2 unspecified atom stereocenters. The molecule has 0 saturated heterocycles. The predicted molar refractivity (Wildman–Crippen MR) is 77.4 cm³/mol. The van der Waals surface area contributed by atoms with Crippen molar-refractivity contribution in [3.05, 3.63) is 12.2 Å². The van der Waals surface area contributed by atoms with Gasteiger partial charge in [-0.2, -0.15) is 0 Å². The van der Waals surface area contributed by atoms with Crippen LogP contribution in [0.25, 0.3) is 0 Å². The minimum atomic E-state index is -0.347. The third-order valence-electron chi connectivity index (χ3n) is 5.37. The summed E-state index contributed by atoms with van der Waals surface area (Å²) < 4.78 is 11.2. The summed E-state index contributed by atoms with van der Waals surface area (Å²) in [6.07, 6.45) is 6.19. The van der Waals surface area contributed by atoms with Gasteiger partial charge < -0.3 is 9.47 Å². The van der Waals surface area contributed by atoms with Crippen molar-refractivity contribution < 1.29 is 19.1 Å². The van der Waals surface area contributed by atoms with E-state index < -0.39 is 0 Å². The summed E-state index contributed by atoms with van der Waals surface area (Å²) >= 11 is 0. The van der Waals surface area contributed by atoms with E-state index in [2.05, 4.69) is 6.58 Å². The summed E-state index contributed by atoms with van der Waals surface area (Å²) in [6.45, 7) is 7.31. The van der Waals surface area contributed by atoms with E-state index in [1.807, 2.05) is 0 Å². The molecule has 0 aromatic carbocycles. The van der Waals surface area contributed by atoms with Crippen molar-refractivity contribution in [3.63, 3.8) is 0 Å². The molecular formula is C17H24O4. The van der Waals surface area contributed by atoms with Gasteiger partial charge in [-0.15, -0.1) is 0 Å². The van der Waals surface area contributed by atoms with Crippen LogP contribution in [0.2, 0.25) is 0 Å². The van der Waals surface area contributed by atoms with Crippen molar-refractivity contribution in [2.45, 2.75) is 58.0 Å². The fourth-order valence-electron chi connectivity index (χ4n) is 5.19. The van der Waals surface area contributed by atoms with E-state index in [1.165, 1.54) is 13.3 Å². The average Bonchev–Trinajstić information content (AvgIpc) is 2.34. The Morgan fingerprint density at radius 2 is 1.76 bits per heavy atom. The SMILES string of the molecule is C=C(C)C(=O)OC12CC3CC(CC(COC(C)=O)(C3)C1)C2. The smallest absolute Gasteiger partial charge is 0.333 e. The minimum absolute atomic E-state index is 0.0190. The monoisotopic (exact) mass is 292 g/mol. The maximum Gasteiger partial charge on any atom is 0.333 e. The molecule has 116 valence electrons. The molecule has 4 aliphatic carbocycles. The summed E-state index contributed by atoms with van der Waals surface area (Å²) in [5.41, 5.74) is 0.130. The topological polar surface area (TPSA) is 52.6 Å². The van der Waals surface area contributed by atoms with E-state index >= 15 is 0 Å². The second-order valence-corrected chi connectivity index (χ2v) is 7.59. The van der Waals surface area contributed by atoms with Crippen molar-refractivity contribution in [1.82, 2.24) is 0 Å². The Kier molecular flexibility index (Phi) is 3.38. The molecule has 0 aliphatic heterocycles. The van der Waals surface area contributed by atoms with E-state index in [4.69, 9.17) is 9.47 Å². The van der Waals surface area contributed by atoms with Crippen LogP contribution in [0, 0.1) is 17.3 Å². The second kappa shape index (κ2) is 4.85. The standard InChI is InChI=1S/C17H24O4/c1-11(2)15(19)21-17-7-13-4-14(8-17)6-16(5-13,9-17)10-20-12(3)18/h13-14H,1,4-10H2,2-3H3. The molecule has 4 nitrogen and oxygen atoms in total. The third-order valence-corrected chi connectivity index (χ3v) is 5.37. The highest BCUT2D eigenvalue weighted by atomic mass is 16.6. The number of carbonyl (C=O) groups excluding carboxylic acids is 2. The van der Waals surface area contributed by atoms with Gasteiger partial charge in [0.15, 0.2) is 0 Å². The van der Waals surface area contributed by atoms with Gasteiger partial charge in [0.05, 0.1) is 6.61 Å². The van der Waals surface area contributed by atoms with E-state index in [0.29, 0.717) is 24.0 Å². The van der Waals surface area contributed by atoms with Crippen LogP contribution in [0.1, 0.15) is 52.4 Å². The highest BCUT2D eigenvalue weighted by Gasteiger charge is 2.59. The summed E-state index contributed by atoms with van der Waals surface area (Å²) in [5, 5.41) is 0. The predicted octanol–water partition coefficient (Wildman–Crippen LogP) is 3.01. The van der Waals surface area contributed by atoms with Crippen molar-refractivity contribution in [3.8, 4) is 0 Å². The first-order valence-electron chi connectivity index (χ1n) is 7.84. The number of esters is 2. The molecule has 4 fully saturated rings. The Morgan fingerprint density at radius 1 is 1.14 bits per heavy atom. The third kappa shape index (κ3) is 2.72. The fourth-order valence-corrected chi connectivity index (χ4v) is 5.19. The van der Waals surface area contributed by atoms with Gasteiger partial charge in [0.1, 0.15) is 5.60 Å². The second-order valence-electron chi connectivity index (χ2n) is 7.59. The molecular weight excluding hydrogens is 268 g/mol. The molecule has 0 N–H and O–H groups in total. The molecule has 0 amide bonds. The summed E-state index contributed by atoms with van der Waals surface area (Å²) in [6, 6.07) is 0. The van der Waals surface area contributed by atoms with Crippen LogP contribution in [-0.4, -0.2) is 24.1 Å². The van der Waals surface area contributed by atoms with E-state index in [1.54, 1.807) is 6.92 Å². The molecule has 4 bridgehead atoms. The molecule has 4 heteroatoms. The van der Waals surface area contributed by atoms with Crippen LogP contribution < -0.4 is 0 Å². The van der Waals surface area contributed by atoms with Crippen LogP contribution in [0.3, 0.4) is 0 Å². The van der Waals surface area contributed by atoms with Crippen LogP contribution in [0.15, 0.2) is 12.2 Å². The Balaban J connectivity index is 1.79. The Labute approximate surface area is 125 Å². The fraction of sp³-hybridized carbons (Fsp3) is 0.765. The van der Waals surface area contributed by atoms with Gasteiger partial charge in [0.2, 0.25) is 0 Å². The van der Waals surface area contributed by atoms with Gasteiger partial charge in [-0.25, -0.2) is 4.79 Å². The Hall–Kier alpha value is -1.32. The first-order valence-corrected chi connectivity index (χ1v) is 7.84. The lowest BCUT2D eigenvalue weighted by Gasteiger charge is -2.60. The molecule has 21 heavy (non-hydrogen) atoms. The lowest BCUT2D eigenvalue weighted by molar-refractivity contribution is -0.207. The van der Waals surface area contributed by atoms with E-state index in [-0.39, 0.29) is 23.0 Å². The van der Waals surface area contributed by atoms with Crippen LogP contribution in [0.4, 0.5) is 0 Å². The Bertz CT molecular complexity index is 479. The van der Waals surface area contributed by atoms with Crippen molar-refractivity contribution in [2.24, 2.45) is 17.3 Å². The van der Waals surface area contributed by atoms with Crippen LogP contribution in [-0.2, 0) is 19.1 Å². The zero-order valence-electron chi connectivity index (χ0n) is 12.9. The maximum atomic E-state index is 12.0. The number of rotatable bonds is 4. The molecule has 4 rings (SSSR count). The van der Waals surface area contributed by atoms with Crippen molar-refractivity contribution in [1.29, 1.82) is 0 Å². The van der Waals surface area contributed by atoms with Gasteiger partial charge in [0, 0.05) is 17.9 Å². The van der Waals surface area contributed by atoms with Crippen molar-refractivity contribution >= 4 is 11.9 Å². The van der Waals surface area contributed by atoms with Gasteiger partial charge in [-0.05, 0) is 57.3 Å². The lowest BCUT2D eigenvalue weighted by Crippen LogP contribution is -2.58. The first-order chi connectivity index (χ1) is 9.81. The van der Waals surface area contributed by atoms with Crippen molar-refractivity contribution in [2.75, 3.05) is 6.61 Å². The molecule has 4 aliphatic rings.